The Hall–Kier alpha value is -1.83. The van der Waals surface area contributed by atoms with E-state index < -0.39 is 11.9 Å². The fourth-order valence-electron chi connectivity index (χ4n) is 0.601. The number of aliphatic carboxylic acids is 1. The summed E-state index contributed by atoms with van der Waals surface area (Å²) in [4.78, 5) is 20.7. The largest absolute Gasteiger partial charge is 0.478 e. The summed E-state index contributed by atoms with van der Waals surface area (Å²) in [6.45, 7) is 1.74. The van der Waals surface area contributed by atoms with Gasteiger partial charge in [-0.05, 0) is 13.3 Å². The molecule has 0 aliphatic heterocycles. The third-order valence-corrected chi connectivity index (χ3v) is 1.32. The predicted molar refractivity (Wildman–Crippen MR) is 44.6 cm³/mol. The van der Waals surface area contributed by atoms with Crippen LogP contribution in [0.25, 0.3) is 0 Å². The van der Waals surface area contributed by atoms with Gasteiger partial charge in [-0.3, -0.25) is 4.79 Å². The van der Waals surface area contributed by atoms with Crippen molar-refractivity contribution >= 4 is 11.9 Å². The Morgan fingerprint density at radius 3 is 2.69 bits per heavy atom. The highest BCUT2D eigenvalue weighted by Crippen LogP contribution is 1.93. The van der Waals surface area contributed by atoms with Gasteiger partial charge in [0.15, 0.2) is 6.07 Å². The minimum atomic E-state index is -0.980. The Morgan fingerprint density at radius 2 is 2.23 bits per heavy atom. The van der Waals surface area contributed by atoms with Crippen LogP contribution in [0.15, 0.2) is 11.6 Å². The van der Waals surface area contributed by atoms with Gasteiger partial charge in [0, 0.05) is 12.1 Å². The third kappa shape index (κ3) is 5.44. The van der Waals surface area contributed by atoms with Gasteiger partial charge in [0.05, 0.1) is 0 Å². The van der Waals surface area contributed by atoms with E-state index >= 15 is 0 Å². The Kier molecular flexibility index (Phi) is 4.96. The molecule has 0 spiro atoms. The van der Waals surface area contributed by atoms with E-state index in [4.69, 9.17) is 10.4 Å². The Morgan fingerprint density at radius 1 is 1.62 bits per heavy atom. The number of amides is 1. The minimum Gasteiger partial charge on any atom is -0.478 e. The fraction of sp³-hybridized carbons (Fsp3) is 0.375. The Balaban J connectivity index is 3.69. The molecule has 0 aliphatic carbocycles. The van der Waals surface area contributed by atoms with E-state index in [0.717, 1.165) is 0 Å². The molecule has 0 aromatic heterocycles. The van der Waals surface area contributed by atoms with Gasteiger partial charge in [-0.2, -0.15) is 5.26 Å². The number of carboxylic acids is 1. The molecule has 0 heterocycles. The molecule has 0 rings (SSSR count). The number of carbonyl (C=O) groups is 2. The molecule has 0 aromatic carbocycles. The van der Waals surface area contributed by atoms with Gasteiger partial charge in [0.1, 0.15) is 0 Å². The number of hydrogen-bond acceptors (Lipinski definition) is 3. The summed E-state index contributed by atoms with van der Waals surface area (Å²) in [5.41, 5.74) is 0.228. The minimum absolute atomic E-state index is 0.228. The van der Waals surface area contributed by atoms with Crippen molar-refractivity contribution in [2.45, 2.75) is 13.3 Å². The smallest absolute Gasteiger partial charge is 0.330 e. The lowest BCUT2D eigenvalue weighted by Gasteiger charge is -1.96. The quantitative estimate of drug-likeness (QED) is 0.365. The number of carboxylic acid groups (broad SMARTS) is 1. The van der Waals surface area contributed by atoms with Crippen molar-refractivity contribution in [2.75, 3.05) is 6.54 Å². The van der Waals surface area contributed by atoms with Crippen LogP contribution in [-0.2, 0) is 9.59 Å². The topological polar surface area (TPSA) is 90.2 Å². The maximum absolute atomic E-state index is 10.4. The van der Waals surface area contributed by atoms with Crippen molar-refractivity contribution in [1.29, 1.82) is 5.26 Å². The molecule has 0 unspecified atom stereocenters. The summed E-state index contributed by atoms with van der Waals surface area (Å²) in [6.07, 6.45) is 1.89. The zero-order valence-corrected chi connectivity index (χ0v) is 7.20. The molecule has 0 aliphatic rings. The molecule has 0 radical (unpaired) electrons. The van der Waals surface area contributed by atoms with Crippen LogP contribution >= 0.6 is 0 Å². The number of rotatable bonds is 4. The molecule has 1 amide bonds. The highest BCUT2D eigenvalue weighted by atomic mass is 16.4. The first-order chi connectivity index (χ1) is 6.07. The maximum Gasteiger partial charge on any atom is 0.330 e. The second-order valence-corrected chi connectivity index (χ2v) is 2.35. The van der Waals surface area contributed by atoms with E-state index in [-0.39, 0.29) is 12.1 Å². The first kappa shape index (κ1) is 11.2. The molecule has 0 fully saturated rings. The number of nitrogens with zero attached hydrogens (tertiary/aromatic N) is 1. The molecule has 0 bridgehead atoms. The molecule has 0 saturated heterocycles. The lowest BCUT2D eigenvalue weighted by molar-refractivity contribution is -0.132. The van der Waals surface area contributed by atoms with Gasteiger partial charge >= 0.3 is 11.9 Å². The summed E-state index contributed by atoms with van der Waals surface area (Å²) in [5.74, 6) is -1.69. The Bertz CT molecular complexity index is 276. The molecule has 0 saturated carbocycles. The summed E-state index contributed by atoms with van der Waals surface area (Å²) < 4.78 is 0. The zero-order valence-electron chi connectivity index (χ0n) is 7.20. The van der Waals surface area contributed by atoms with Gasteiger partial charge in [-0.15, -0.1) is 0 Å². The molecule has 5 nitrogen and oxygen atoms in total. The van der Waals surface area contributed by atoms with E-state index in [2.05, 4.69) is 5.32 Å². The normalized spacial score (nSPS) is 10.3. The second kappa shape index (κ2) is 5.77. The van der Waals surface area contributed by atoms with E-state index in [9.17, 15) is 9.59 Å². The Labute approximate surface area is 75.7 Å². The summed E-state index contributed by atoms with van der Waals surface area (Å²) >= 11 is 0. The van der Waals surface area contributed by atoms with Crippen LogP contribution in [0.2, 0.25) is 0 Å². The monoisotopic (exact) mass is 182 g/mol. The van der Waals surface area contributed by atoms with Crippen LogP contribution in [0.5, 0.6) is 0 Å². The molecular formula is C8H10N2O3. The maximum atomic E-state index is 10.4. The van der Waals surface area contributed by atoms with Gasteiger partial charge in [-0.1, -0.05) is 6.08 Å². The lowest BCUT2D eigenvalue weighted by Crippen LogP contribution is -2.21. The van der Waals surface area contributed by atoms with E-state index in [1.807, 2.05) is 0 Å². The lowest BCUT2D eigenvalue weighted by atomic mass is 10.2. The van der Waals surface area contributed by atoms with Crippen molar-refractivity contribution in [3.05, 3.63) is 11.6 Å². The molecule has 5 heteroatoms. The molecule has 2 N–H and O–H groups in total. The first-order valence-corrected chi connectivity index (χ1v) is 3.66. The molecule has 13 heavy (non-hydrogen) atoms. The van der Waals surface area contributed by atoms with Crippen LogP contribution in [-0.4, -0.2) is 23.5 Å². The van der Waals surface area contributed by atoms with Crippen molar-refractivity contribution in [3.8, 4) is 6.07 Å². The average Bonchev–Trinajstić information content (AvgIpc) is 2.11. The molecule has 70 valence electrons. The van der Waals surface area contributed by atoms with Crippen molar-refractivity contribution in [2.24, 2.45) is 0 Å². The number of carbonyl (C=O) groups excluding carboxylic acids is 1. The van der Waals surface area contributed by atoms with E-state index in [0.29, 0.717) is 6.42 Å². The van der Waals surface area contributed by atoms with Crippen LogP contribution in [0.1, 0.15) is 13.3 Å². The number of nitrogens with one attached hydrogen (secondary N) is 1. The van der Waals surface area contributed by atoms with E-state index in [1.165, 1.54) is 19.1 Å². The van der Waals surface area contributed by atoms with Crippen molar-refractivity contribution < 1.29 is 14.7 Å². The molecule has 0 atom stereocenters. The van der Waals surface area contributed by atoms with Crippen molar-refractivity contribution in [3.63, 3.8) is 0 Å². The highest BCUT2D eigenvalue weighted by Gasteiger charge is 1.98. The fourth-order valence-corrected chi connectivity index (χ4v) is 0.601. The zero-order chi connectivity index (χ0) is 10.3. The number of nitriles is 1. The van der Waals surface area contributed by atoms with Gasteiger partial charge in [0.2, 0.25) is 0 Å². The number of hydrogen-bond donors (Lipinski definition) is 2. The third-order valence-electron chi connectivity index (χ3n) is 1.32. The SMILES string of the molecule is CC(=CCCNC(=O)C#N)C(=O)O. The summed E-state index contributed by atoms with van der Waals surface area (Å²) in [5, 5.41) is 18.8. The van der Waals surface area contributed by atoms with Gasteiger partial charge < -0.3 is 10.4 Å². The summed E-state index contributed by atoms with van der Waals surface area (Å²) in [6, 6.07) is 1.39. The van der Waals surface area contributed by atoms with Gasteiger partial charge in [0.25, 0.3) is 0 Å². The van der Waals surface area contributed by atoms with Crippen LogP contribution < -0.4 is 5.32 Å². The highest BCUT2D eigenvalue weighted by molar-refractivity contribution is 5.91. The van der Waals surface area contributed by atoms with Crippen molar-refractivity contribution in [1.82, 2.24) is 5.32 Å². The van der Waals surface area contributed by atoms with Gasteiger partial charge in [-0.25, -0.2) is 4.79 Å². The van der Waals surface area contributed by atoms with Crippen LogP contribution in [0.4, 0.5) is 0 Å². The molecular weight excluding hydrogens is 172 g/mol. The molecule has 0 aromatic rings. The first-order valence-electron chi connectivity index (χ1n) is 3.66. The van der Waals surface area contributed by atoms with Crippen LogP contribution in [0, 0.1) is 11.3 Å². The predicted octanol–water partition coefficient (Wildman–Crippen LogP) is 0.0472. The summed E-state index contributed by atoms with van der Waals surface area (Å²) in [7, 11) is 0. The average molecular weight is 182 g/mol. The second-order valence-electron chi connectivity index (χ2n) is 2.35. The standard InChI is InChI=1S/C8H10N2O3/c1-6(8(12)13)3-2-4-10-7(11)5-9/h3H,2,4H2,1H3,(H,10,11)(H,12,13). The van der Waals surface area contributed by atoms with Crippen LogP contribution in [0.3, 0.4) is 0 Å². The van der Waals surface area contributed by atoms with E-state index in [1.54, 1.807) is 0 Å².